The van der Waals surface area contributed by atoms with E-state index in [1.807, 2.05) is 6.07 Å². The molecule has 1 aromatic carbocycles. The van der Waals surface area contributed by atoms with Gasteiger partial charge in [-0.15, -0.1) is 0 Å². The molecule has 1 aromatic heterocycles. The molecule has 2 N–H and O–H groups in total. The van der Waals surface area contributed by atoms with Gasteiger partial charge in [0.1, 0.15) is 11.6 Å². The Morgan fingerprint density at radius 1 is 1.16 bits per heavy atom. The summed E-state index contributed by atoms with van der Waals surface area (Å²) in [4.78, 5) is 32.8. The molecule has 3 aliphatic rings. The highest BCUT2D eigenvalue weighted by molar-refractivity contribution is 6.02. The van der Waals surface area contributed by atoms with Crippen LogP contribution in [0.1, 0.15) is 54.4 Å². The van der Waals surface area contributed by atoms with E-state index in [-0.39, 0.29) is 23.1 Å². The van der Waals surface area contributed by atoms with E-state index in [2.05, 4.69) is 33.2 Å². The molecular formula is C24H29N5O2. The van der Waals surface area contributed by atoms with Gasteiger partial charge in [-0.2, -0.15) is 5.26 Å². The van der Waals surface area contributed by atoms with E-state index in [0.717, 1.165) is 57.2 Å². The number of anilines is 1. The molecule has 2 aliphatic heterocycles. The Bertz CT molecular complexity index is 1110. The number of hydrogen-bond acceptors (Lipinski definition) is 5. The number of nitrogens with zero attached hydrogens (tertiary/aromatic N) is 3. The first kappa shape index (κ1) is 20.1. The molecule has 0 radical (unpaired) electrons. The molecule has 2 saturated heterocycles. The van der Waals surface area contributed by atoms with Crippen LogP contribution in [0.3, 0.4) is 0 Å². The third-order valence-electron chi connectivity index (χ3n) is 7.51. The predicted molar refractivity (Wildman–Crippen MR) is 120 cm³/mol. The lowest BCUT2D eigenvalue weighted by Gasteiger charge is -2.34. The van der Waals surface area contributed by atoms with Crippen LogP contribution in [0.15, 0.2) is 23.0 Å². The van der Waals surface area contributed by atoms with Gasteiger partial charge in [0.2, 0.25) is 0 Å². The van der Waals surface area contributed by atoms with E-state index in [4.69, 9.17) is 0 Å². The van der Waals surface area contributed by atoms with Crippen LogP contribution in [-0.4, -0.2) is 55.1 Å². The second-order valence-electron chi connectivity index (χ2n) is 9.59. The molecule has 2 aromatic rings. The standard InChI is InChI=1S/C24H29N5O2/c1-28-10-4-17(5-11-28)26-22(30)16-2-3-20-18(14-16)21(19(15-25)23(31)27-20)29-12-8-24(6-7-24)9-13-29/h2-3,14,17H,4-13H2,1H3,(H,26,30)(H,27,31). The summed E-state index contributed by atoms with van der Waals surface area (Å²) in [5.74, 6) is -0.0947. The maximum Gasteiger partial charge on any atom is 0.268 e. The van der Waals surface area contributed by atoms with Crippen LogP contribution < -0.4 is 15.8 Å². The van der Waals surface area contributed by atoms with Crippen LogP contribution in [0.5, 0.6) is 0 Å². The number of H-pyrrole nitrogens is 1. The number of aromatic amines is 1. The summed E-state index contributed by atoms with van der Waals surface area (Å²) in [7, 11) is 2.10. The molecule has 3 fully saturated rings. The number of pyridine rings is 1. The van der Waals surface area contributed by atoms with Gasteiger partial charge in [-0.1, -0.05) is 0 Å². The van der Waals surface area contributed by atoms with Crippen molar-refractivity contribution < 1.29 is 4.79 Å². The summed E-state index contributed by atoms with van der Waals surface area (Å²) in [5, 5.41) is 13.7. The number of benzene rings is 1. The second-order valence-corrected chi connectivity index (χ2v) is 9.59. The number of fused-ring (bicyclic) bond motifs is 1. The highest BCUT2D eigenvalue weighted by Crippen LogP contribution is 2.54. The average Bonchev–Trinajstić information content (AvgIpc) is 3.53. The first-order valence-corrected chi connectivity index (χ1v) is 11.3. The average molecular weight is 420 g/mol. The molecule has 0 bridgehead atoms. The van der Waals surface area contributed by atoms with Crippen molar-refractivity contribution in [3.8, 4) is 6.07 Å². The zero-order valence-electron chi connectivity index (χ0n) is 18.0. The second kappa shape index (κ2) is 7.69. The minimum atomic E-state index is -0.361. The van der Waals surface area contributed by atoms with E-state index >= 15 is 0 Å². The SMILES string of the molecule is CN1CCC(NC(=O)c2ccc3[nH]c(=O)c(C#N)c(N4CCC5(CC4)CC5)c3c2)CC1. The van der Waals surface area contributed by atoms with Crippen LogP contribution in [0.25, 0.3) is 10.9 Å². The Morgan fingerprint density at radius 3 is 2.52 bits per heavy atom. The molecule has 1 saturated carbocycles. The minimum absolute atomic E-state index is 0.0947. The molecule has 5 rings (SSSR count). The summed E-state index contributed by atoms with van der Waals surface area (Å²) in [6.07, 6.45) is 6.68. The first-order chi connectivity index (χ1) is 15.0. The van der Waals surface area contributed by atoms with Crippen LogP contribution in [0.4, 0.5) is 5.69 Å². The van der Waals surface area contributed by atoms with Gasteiger partial charge in [0.15, 0.2) is 0 Å². The van der Waals surface area contributed by atoms with E-state index in [1.54, 1.807) is 12.1 Å². The molecule has 1 aliphatic carbocycles. The van der Waals surface area contributed by atoms with E-state index in [9.17, 15) is 14.9 Å². The zero-order valence-corrected chi connectivity index (χ0v) is 18.0. The quantitative estimate of drug-likeness (QED) is 0.798. The van der Waals surface area contributed by atoms with Crippen LogP contribution in [0, 0.1) is 16.7 Å². The van der Waals surface area contributed by atoms with Crippen LogP contribution in [0.2, 0.25) is 0 Å². The number of amides is 1. The third kappa shape index (κ3) is 3.81. The smallest absolute Gasteiger partial charge is 0.268 e. The molecule has 3 heterocycles. The summed E-state index contributed by atoms with van der Waals surface area (Å²) in [6, 6.07) is 7.69. The Balaban J connectivity index is 1.48. The minimum Gasteiger partial charge on any atom is -0.370 e. The first-order valence-electron chi connectivity index (χ1n) is 11.3. The number of carbonyl (C=O) groups is 1. The highest BCUT2D eigenvalue weighted by Gasteiger charge is 2.44. The predicted octanol–water partition coefficient (Wildman–Crippen LogP) is 2.60. The van der Waals surface area contributed by atoms with Gasteiger partial charge in [-0.25, -0.2) is 0 Å². The maximum absolute atomic E-state index is 13.0. The molecule has 7 heteroatoms. The third-order valence-corrected chi connectivity index (χ3v) is 7.51. The number of piperidine rings is 2. The van der Waals surface area contributed by atoms with Gasteiger partial charge in [0, 0.05) is 30.1 Å². The monoisotopic (exact) mass is 419 g/mol. The van der Waals surface area contributed by atoms with Gasteiger partial charge in [-0.3, -0.25) is 9.59 Å². The largest absolute Gasteiger partial charge is 0.370 e. The fourth-order valence-corrected chi connectivity index (χ4v) is 5.15. The lowest BCUT2D eigenvalue weighted by Crippen LogP contribution is -2.43. The van der Waals surface area contributed by atoms with Crippen molar-refractivity contribution in [2.24, 2.45) is 5.41 Å². The molecule has 1 spiro atoms. The fraction of sp³-hybridized carbons (Fsp3) is 0.542. The molecule has 0 atom stereocenters. The molecule has 162 valence electrons. The van der Waals surface area contributed by atoms with Gasteiger partial charge in [-0.05, 0) is 82.3 Å². The number of rotatable bonds is 3. The van der Waals surface area contributed by atoms with Crippen molar-refractivity contribution in [1.82, 2.24) is 15.2 Å². The number of hydrogen-bond donors (Lipinski definition) is 2. The van der Waals surface area contributed by atoms with E-state index in [1.165, 1.54) is 12.8 Å². The highest BCUT2D eigenvalue weighted by atomic mass is 16.1. The molecule has 31 heavy (non-hydrogen) atoms. The summed E-state index contributed by atoms with van der Waals surface area (Å²) in [5.41, 5.74) is 2.21. The van der Waals surface area contributed by atoms with E-state index in [0.29, 0.717) is 22.2 Å². The summed E-state index contributed by atoms with van der Waals surface area (Å²) in [6.45, 7) is 3.66. The number of likely N-dealkylation sites (tertiary alicyclic amines) is 1. The normalized spacial score (nSPS) is 21.2. The van der Waals surface area contributed by atoms with Crippen molar-refractivity contribution in [2.75, 3.05) is 38.1 Å². The van der Waals surface area contributed by atoms with Gasteiger partial charge in [0.25, 0.3) is 11.5 Å². The maximum atomic E-state index is 13.0. The summed E-state index contributed by atoms with van der Waals surface area (Å²) >= 11 is 0. The van der Waals surface area contributed by atoms with Crippen molar-refractivity contribution in [2.45, 2.75) is 44.6 Å². The Kier molecular flexibility index (Phi) is 4.98. The van der Waals surface area contributed by atoms with Crippen molar-refractivity contribution in [3.63, 3.8) is 0 Å². The number of nitrogens with one attached hydrogen (secondary N) is 2. The topological polar surface area (TPSA) is 92.2 Å². The van der Waals surface area contributed by atoms with Gasteiger partial charge in [0.05, 0.1) is 11.2 Å². The Morgan fingerprint density at radius 2 is 1.87 bits per heavy atom. The lowest BCUT2D eigenvalue weighted by molar-refractivity contribution is 0.0917. The molecule has 0 unspecified atom stereocenters. The van der Waals surface area contributed by atoms with Crippen molar-refractivity contribution in [3.05, 3.63) is 39.7 Å². The molecule has 1 amide bonds. The van der Waals surface area contributed by atoms with Crippen LogP contribution >= 0.6 is 0 Å². The van der Waals surface area contributed by atoms with Crippen LogP contribution in [-0.2, 0) is 0 Å². The summed E-state index contributed by atoms with van der Waals surface area (Å²) < 4.78 is 0. The van der Waals surface area contributed by atoms with Gasteiger partial charge < -0.3 is 20.1 Å². The molecule has 7 nitrogen and oxygen atoms in total. The number of nitriles is 1. The van der Waals surface area contributed by atoms with Crippen molar-refractivity contribution >= 4 is 22.5 Å². The Hall–Kier alpha value is -2.85. The zero-order chi connectivity index (χ0) is 21.6. The number of carbonyl (C=O) groups excluding carboxylic acids is 1. The fourth-order valence-electron chi connectivity index (χ4n) is 5.15. The Labute approximate surface area is 182 Å². The van der Waals surface area contributed by atoms with Crippen molar-refractivity contribution in [1.29, 1.82) is 5.26 Å². The van der Waals surface area contributed by atoms with E-state index < -0.39 is 0 Å². The number of aromatic nitrogens is 1. The lowest BCUT2D eigenvalue weighted by atomic mass is 9.92. The van der Waals surface area contributed by atoms with Gasteiger partial charge >= 0.3 is 0 Å². The molecular weight excluding hydrogens is 390 g/mol.